The predicted molar refractivity (Wildman–Crippen MR) is 78.3 cm³/mol. The Hall–Kier alpha value is -1.39. The molecular formula is C16H14BrFO2. The zero-order valence-corrected chi connectivity index (χ0v) is 12.3. The van der Waals surface area contributed by atoms with Gasteiger partial charge in [0.15, 0.2) is 0 Å². The van der Waals surface area contributed by atoms with Gasteiger partial charge in [0.05, 0.1) is 10.6 Å². The summed E-state index contributed by atoms with van der Waals surface area (Å²) >= 11 is 3.13. The Morgan fingerprint density at radius 3 is 2.35 bits per heavy atom. The summed E-state index contributed by atoms with van der Waals surface area (Å²) in [4.78, 5) is 0. The Morgan fingerprint density at radius 1 is 1.10 bits per heavy atom. The Labute approximate surface area is 125 Å². The highest BCUT2D eigenvalue weighted by Crippen LogP contribution is 2.30. The van der Waals surface area contributed by atoms with Crippen molar-refractivity contribution in [2.24, 2.45) is 0 Å². The van der Waals surface area contributed by atoms with E-state index in [1.165, 1.54) is 6.07 Å². The lowest BCUT2D eigenvalue weighted by atomic mass is 10.0. The fraction of sp³-hybridized carbons (Fsp3) is 0.250. The fourth-order valence-electron chi connectivity index (χ4n) is 1.98. The van der Waals surface area contributed by atoms with Gasteiger partial charge in [0, 0.05) is 0 Å². The van der Waals surface area contributed by atoms with Crippen molar-refractivity contribution < 1.29 is 14.2 Å². The van der Waals surface area contributed by atoms with Crippen LogP contribution in [0.15, 0.2) is 46.9 Å². The number of hydrogen-bond donors (Lipinski definition) is 1. The van der Waals surface area contributed by atoms with Crippen molar-refractivity contribution in [3.63, 3.8) is 0 Å². The van der Waals surface area contributed by atoms with Gasteiger partial charge < -0.3 is 9.84 Å². The molecule has 4 heteroatoms. The molecular weight excluding hydrogens is 323 g/mol. The van der Waals surface area contributed by atoms with E-state index in [0.29, 0.717) is 16.1 Å². The van der Waals surface area contributed by atoms with E-state index in [-0.39, 0.29) is 5.82 Å². The summed E-state index contributed by atoms with van der Waals surface area (Å²) in [6.07, 6.45) is 1.82. The number of halogens is 2. The predicted octanol–water partition coefficient (Wildman–Crippen LogP) is 4.21. The van der Waals surface area contributed by atoms with Crippen molar-refractivity contribution >= 4 is 15.9 Å². The summed E-state index contributed by atoms with van der Waals surface area (Å²) in [5.74, 6) is 0.484. The fourth-order valence-corrected chi connectivity index (χ4v) is 2.38. The zero-order chi connectivity index (χ0) is 14.1. The highest BCUT2D eigenvalue weighted by molar-refractivity contribution is 9.10. The molecule has 1 N–H and O–H groups in total. The quantitative estimate of drug-likeness (QED) is 0.906. The van der Waals surface area contributed by atoms with E-state index < -0.39 is 6.10 Å². The first-order valence-electron chi connectivity index (χ1n) is 6.53. The van der Waals surface area contributed by atoms with Gasteiger partial charge in [-0.25, -0.2) is 4.39 Å². The Kier molecular flexibility index (Phi) is 3.76. The van der Waals surface area contributed by atoms with Crippen LogP contribution in [0.2, 0.25) is 0 Å². The smallest absolute Gasteiger partial charge is 0.137 e. The van der Waals surface area contributed by atoms with Crippen molar-refractivity contribution in [3.05, 3.63) is 63.9 Å². The largest absolute Gasteiger partial charge is 0.490 e. The Balaban J connectivity index is 1.78. The molecule has 1 unspecified atom stereocenters. The summed E-state index contributed by atoms with van der Waals surface area (Å²) in [6, 6.07) is 11.9. The van der Waals surface area contributed by atoms with Gasteiger partial charge in [-0.05, 0) is 64.2 Å². The van der Waals surface area contributed by atoms with E-state index in [0.717, 1.165) is 24.2 Å². The maximum Gasteiger partial charge on any atom is 0.137 e. The molecule has 1 aliphatic rings. The molecule has 0 radical (unpaired) electrons. The molecule has 1 saturated carbocycles. The van der Waals surface area contributed by atoms with Gasteiger partial charge in [0.2, 0.25) is 0 Å². The van der Waals surface area contributed by atoms with Crippen molar-refractivity contribution in [2.45, 2.75) is 25.0 Å². The van der Waals surface area contributed by atoms with Crippen LogP contribution < -0.4 is 4.74 Å². The number of rotatable bonds is 4. The van der Waals surface area contributed by atoms with Crippen LogP contribution in [0, 0.1) is 5.82 Å². The standard InChI is InChI=1S/C16H14BrFO2/c17-14-9-11(3-8-15(14)18)16(19)10-1-4-12(5-2-10)20-13-6-7-13/h1-5,8-9,13,16,19H,6-7H2. The molecule has 0 saturated heterocycles. The van der Waals surface area contributed by atoms with Gasteiger partial charge in [-0.15, -0.1) is 0 Å². The summed E-state index contributed by atoms with van der Waals surface area (Å²) < 4.78 is 19.2. The van der Waals surface area contributed by atoms with Crippen molar-refractivity contribution in [1.82, 2.24) is 0 Å². The van der Waals surface area contributed by atoms with Crippen LogP contribution in [-0.4, -0.2) is 11.2 Å². The zero-order valence-electron chi connectivity index (χ0n) is 10.7. The average molecular weight is 337 g/mol. The summed E-state index contributed by atoms with van der Waals surface area (Å²) in [5, 5.41) is 10.3. The van der Waals surface area contributed by atoms with Crippen LogP contribution in [0.4, 0.5) is 4.39 Å². The second-order valence-electron chi connectivity index (χ2n) is 4.96. The Morgan fingerprint density at radius 2 is 1.75 bits per heavy atom. The van der Waals surface area contributed by atoms with Gasteiger partial charge in [0.25, 0.3) is 0 Å². The van der Waals surface area contributed by atoms with E-state index >= 15 is 0 Å². The van der Waals surface area contributed by atoms with Gasteiger partial charge in [0.1, 0.15) is 17.7 Å². The number of benzene rings is 2. The molecule has 2 nitrogen and oxygen atoms in total. The normalized spacial score (nSPS) is 15.9. The van der Waals surface area contributed by atoms with Crippen LogP contribution in [0.5, 0.6) is 5.75 Å². The summed E-state index contributed by atoms with van der Waals surface area (Å²) in [6.45, 7) is 0. The molecule has 3 rings (SSSR count). The van der Waals surface area contributed by atoms with E-state index in [1.54, 1.807) is 12.1 Å². The van der Waals surface area contributed by atoms with E-state index in [2.05, 4.69) is 15.9 Å². The SMILES string of the molecule is OC(c1ccc(OC2CC2)cc1)c1ccc(F)c(Br)c1. The second-order valence-corrected chi connectivity index (χ2v) is 5.82. The van der Waals surface area contributed by atoms with Gasteiger partial charge in [-0.1, -0.05) is 18.2 Å². The molecule has 1 atom stereocenters. The summed E-state index contributed by atoms with van der Waals surface area (Å²) in [7, 11) is 0. The minimum atomic E-state index is -0.776. The van der Waals surface area contributed by atoms with Crippen LogP contribution in [0.3, 0.4) is 0 Å². The number of aliphatic hydroxyl groups is 1. The first kappa shape index (κ1) is 13.6. The lowest BCUT2D eigenvalue weighted by Crippen LogP contribution is -2.01. The lowest BCUT2D eigenvalue weighted by molar-refractivity contribution is 0.220. The van der Waals surface area contributed by atoms with Crippen molar-refractivity contribution in [3.8, 4) is 5.75 Å². The monoisotopic (exact) mass is 336 g/mol. The average Bonchev–Trinajstić information content (AvgIpc) is 3.26. The van der Waals surface area contributed by atoms with Gasteiger partial charge in [-0.2, -0.15) is 0 Å². The third-order valence-electron chi connectivity index (χ3n) is 3.28. The topological polar surface area (TPSA) is 29.5 Å². The van der Waals surface area contributed by atoms with Crippen molar-refractivity contribution in [1.29, 1.82) is 0 Å². The Bertz CT molecular complexity index is 608. The molecule has 104 valence electrons. The second kappa shape index (κ2) is 5.54. The van der Waals surface area contributed by atoms with E-state index in [4.69, 9.17) is 4.74 Å². The molecule has 0 aliphatic heterocycles. The van der Waals surface area contributed by atoms with Crippen molar-refractivity contribution in [2.75, 3.05) is 0 Å². The highest BCUT2D eigenvalue weighted by Gasteiger charge is 2.23. The van der Waals surface area contributed by atoms with Crippen LogP contribution >= 0.6 is 15.9 Å². The molecule has 0 aromatic heterocycles. The van der Waals surface area contributed by atoms with E-state index in [9.17, 15) is 9.50 Å². The van der Waals surface area contributed by atoms with Crippen LogP contribution in [0.25, 0.3) is 0 Å². The molecule has 20 heavy (non-hydrogen) atoms. The molecule has 0 heterocycles. The first-order chi connectivity index (χ1) is 9.63. The van der Waals surface area contributed by atoms with Crippen LogP contribution in [-0.2, 0) is 0 Å². The first-order valence-corrected chi connectivity index (χ1v) is 7.32. The van der Waals surface area contributed by atoms with E-state index in [1.807, 2.05) is 24.3 Å². The molecule has 2 aromatic carbocycles. The third-order valence-corrected chi connectivity index (χ3v) is 3.89. The molecule has 0 bridgehead atoms. The lowest BCUT2D eigenvalue weighted by Gasteiger charge is -2.13. The number of ether oxygens (including phenoxy) is 1. The van der Waals surface area contributed by atoms with Gasteiger partial charge >= 0.3 is 0 Å². The van der Waals surface area contributed by atoms with Gasteiger partial charge in [-0.3, -0.25) is 0 Å². The highest BCUT2D eigenvalue weighted by atomic mass is 79.9. The van der Waals surface area contributed by atoms with Crippen LogP contribution in [0.1, 0.15) is 30.1 Å². The minimum absolute atomic E-state index is 0.339. The molecule has 1 fully saturated rings. The minimum Gasteiger partial charge on any atom is -0.490 e. The third kappa shape index (κ3) is 3.02. The molecule has 0 amide bonds. The number of aliphatic hydroxyl groups excluding tert-OH is 1. The number of hydrogen-bond acceptors (Lipinski definition) is 2. The molecule has 2 aromatic rings. The maximum atomic E-state index is 13.2. The summed E-state index contributed by atoms with van der Waals surface area (Å²) in [5.41, 5.74) is 1.40. The molecule has 1 aliphatic carbocycles. The molecule has 0 spiro atoms. The maximum absolute atomic E-state index is 13.2.